The summed E-state index contributed by atoms with van der Waals surface area (Å²) in [5, 5.41) is 20.7. The van der Waals surface area contributed by atoms with E-state index < -0.39 is 11.6 Å². The molecule has 0 atom stereocenters. The molecule has 2 aromatic heterocycles. The first-order valence-corrected chi connectivity index (χ1v) is 7.63. The summed E-state index contributed by atoms with van der Waals surface area (Å²) >= 11 is 0. The fourth-order valence-electron chi connectivity index (χ4n) is 2.84. The van der Waals surface area contributed by atoms with E-state index in [1.54, 1.807) is 0 Å². The number of rotatable bonds is 3. The number of hydrogen-bond acceptors (Lipinski definition) is 5. The third-order valence-electron chi connectivity index (χ3n) is 3.90. The van der Waals surface area contributed by atoms with Crippen LogP contribution in [0.4, 0.5) is 0 Å². The third-order valence-corrected chi connectivity index (χ3v) is 3.90. The second-order valence-electron chi connectivity index (χ2n) is 5.41. The van der Waals surface area contributed by atoms with E-state index >= 15 is 0 Å². The lowest BCUT2D eigenvalue weighted by Gasteiger charge is -2.13. The lowest BCUT2D eigenvalue weighted by Crippen LogP contribution is -2.07. The minimum absolute atomic E-state index is 0.318. The van der Waals surface area contributed by atoms with E-state index in [1.807, 2.05) is 60.7 Å². The number of nitrogens with zero attached hydrogens (tertiary/aromatic N) is 2. The Morgan fingerprint density at radius 3 is 2.00 bits per heavy atom. The number of aromatic amines is 1. The van der Waals surface area contributed by atoms with Crippen molar-refractivity contribution in [1.82, 2.24) is 15.4 Å². The van der Waals surface area contributed by atoms with Crippen LogP contribution in [0.5, 0.6) is 5.95 Å². The summed E-state index contributed by atoms with van der Waals surface area (Å²) < 4.78 is 5.10. The highest BCUT2D eigenvalue weighted by molar-refractivity contribution is 5.94. The Balaban J connectivity index is 2.15. The second kappa shape index (κ2) is 6.09. The van der Waals surface area contributed by atoms with Gasteiger partial charge in [-0.1, -0.05) is 60.7 Å². The van der Waals surface area contributed by atoms with Crippen molar-refractivity contribution < 1.29 is 9.52 Å². The molecule has 0 aliphatic carbocycles. The summed E-state index contributed by atoms with van der Waals surface area (Å²) in [5.74, 6) is -0.488. The maximum atomic E-state index is 12.6. The molecule has 4 aromatic rings. The molecule has 4 rings (SSSR count). The molecule has 2 N–H and O–H groups in total. The van der Waals surface area contributed by atoms with Crippen molar-refractivity contribution in [2.24, 2.45) is 0 Å². The molecule has 0 aliphatic rings. The van der Waals surface area contributed by atoms with E-state index in [4.69, 9.17) is 4.42 Å². The topological polar surface area (TPSA) is 92.0 Å². The van der Waals surface area contributed by atoms with Gasteiger partial charge in [-0.3, -0.25) is 0 Å². The molecule has 6 nitrogen and oxygen atoms in total. The van der Waals surface area contributed by atoms with Gasteiger partial charge in [0.15, 0.2) is 0 Å². The van der Waals surface area contributed by atoms with Crippen molar-refractivity contribution in [3.8, 4) is 39.5 Å². The molecule has 0 radical (unpaired) electrons. The zero-order valence-corrected chi connectivity index (χ0v) is 13.0. The number of nitrogens with one attached hydrogen (secondary N) is 1. The summed E-state index contributed by atoms with van der Waals surface area (Å²) in [6.45, 7) is 0. The Morgan fingerprint density at radius 1 is 0.840 bits per heavy atom. The Kier molecular flexibility index (Phi) is 3.63. The van der Waals surface area contributed by atoms with Gasteiger partial charge in [0.25, 0.3) is 5.95 Å². The largest absolute Gasteiger partial charge is 0.480 e. The van der Waals surface area contributed by atoms with Gasteiger partial charge in [0.05, 0.1) is 17.3 Å². The van der Waals surface area contributed by atoms with Gasteiger partial charge >= 0.3 is 5.63 Å². The van der Waals surface area contributed by atoms with Gasteiger partial charge in [-0.2, -0.15) is 15.4 Å². The first kappa shape index (κ1) is 14.9. The van der Waals surface area contributed by atoms with E-state index in [9.17, 15) is 9.90 Å². The van der Waals surface area contributed by atoms with Gasteiger partial charge in [0.2, 0.25) is 0 Å². The predicted molar refractivity (Wildman–Crippen MR) is 92.9 cm³/mol. The fourth-order valence-corrected chi connectivity index (χ4v) is 2.84. The molecule has 6 heteroatoms. The maximum absolute atomic E-state index is 12.6. The van der Waals surface area contributed by atoms with Crippen molar-refractivity contribution in [1.29, 1.82) is 0 Å². The molecule has 2 heterocycles. The van der Waals surface area contributed by atoms with Gasteiger partial charge in [-0.15, -0.1) is 0 Å². The molecule has 122 valence electrons. The lowest BCUT2D eigenvalue weighted by molar-refractivity contribution is 0.313. The monoisotopic (exact) mass is 331 g/mol. The van der Waals surface area contributed by atoms with Crippen molar-refractivity contribution in [2.45, 2.75) is 0 Å². The van der Waals surface area contributed by atoms with Gasteiger partial charge in [0, 0.05) is 5.56 Å². The van der Waals surface area contributed by atoms with E-state index in [0.717, 1.165) is 5.56 Å². The van der Waals surface area contributed by atoms with Crippen LogP contribution in [-0.4, -0.2) is 20.5 Å². The fraction of sp³-hybridized carbons (Fsp3) is 0. The summed E-state index contributed by atoms with van der Waals surface area (Å²) in [4.78, 5) is 12.6. The number of H-pyrrole nitrogens is 1. The van der Waals surface area contributed by atoms with Gasteiger partial charge in [0.1, 0.15) is 5.69 Å². The predicted octanol–water partition coefficient (Wildman–Crippen LogP) is 3.46. The van der Waals surface area contributed by atoms with Gasteiger partial charge in [-0.05, 0) is 11.1 Å². The molecule has 25 heavy (non-hydrogen) atoms. The highest BCUT2D eigenvalue weighted by atomic mass is 16.5. The van der Waals surface area contributed by atoms with Crippen LogP contribution < -0.4 is 5.63 Å². The van der Waals surface area contributed by atoms with Crippen LogP contribution in [0, 0.1) is 0 Å². The Labute approximate surface area is 142 Å². The molecule has 0 bridgehead atoms. The summed E-state index contributed by atoms with van der Waals surface area (Å²) in [6, 6.07) is 18.5. The summed E-state index contributed by atoms with van der Waals surface area (Å²) in [5.41, 5.74) is 2.46. The Bertz CT molecular complexity index is 1060. The zero-order chi connectivity index (χ0) is 17.2. The molecule has 0 spiro atoms. The molecule has 0 amide bonds. The normalized spacial score (nSPS) is 10.7. The highest BCUT2D eigenvalue weighted by Crippen LogP contribution is 2.41. The van der Waals surface area contributed by atoms with Crippen LogP contribution in [0.25, 0.3) is 33.5 Å². The smallest absolute Gasteiger partial charge is 0.347 e. The molecule has 2 aromatic carbocycles. The van der Waals surface area contributed by atoms with E-state index in [1.165, 1.54) is 6.20 Å². The van der Waals surface area contributed by atoms with Crippen molar-refractivity contribution in [3.63, 3.8) is 0 Å². The SMILES string of the molecule is O=c1oc(O)c(-c2cn[nH]n2)c(-c2ccccc2)c1-c1ccccc1. The number of benzene rings is 2. The average Bonchev–Trinajstić information content (AvgIpc) is 3.17. The van der Waals surface area contributed by atoms with Crippen LogP contribution in [0.3, 0.4) is 0 Å². The van der Waals surface area contributed by atoms with Gasteiger partial charge in [-0.25, -0.2) is 4.79 Å². The first-order valence-electron chi connectivity index (χ1n) is 7.63. The van der Waals surface area contributed by atoms with E-state index in [0.29, 0.717) is 27.9 Å². The van der Waals surface area contributed by atoms with E-state index in [-0.39, 0.29) is 0 Å². The molecule has 0 saturated heterocycles. The van der Waals surface area contributed by atoms with Crippen LogP contribution in [0.15, 0.2) is 76.1 Å². The Morgan fingerprint density at radius 2 is 1.44 bits per heavy atom. The lowest BCUT2D eigenvalue weighted by atomic mass is 9.91. The van der Waals surface area contributed by atoms with Crippen LogP contribution in [0.1, 0.15) is 0 Å². The van der Waals surface area contributed by atoms with Crippen molar-refractivity contribution in [2.75, 3.05) is 0 Å². The Hall–Kier alpha value is -3.67. The van der Waals surface area contributed by atoms with Gasteiger partial charge < -0.3 is 9.52 Å². The molecule has 0 unspecified atom stereocenters. The zero-order valence-electron chi connectivity index (χ0n) is 13.0. The van der Waals surface area contributed by atoms with Crippen LogP contribution >= 0.6 is 0 Å². The first-order chi connectivity index (χ1) is 12.3. The second-order valence-corrected chi connectivity index (χ2v) is 5.41. The van der Waals surface area contributed by atoms with Crippen molar-refractivity contribution >= 4 is 0 Å². The molecular weight excluding hydrogens is 318 g/mol. The highest BCUT2D eigenvalue weighted by Gasteiger charge is 2.24. The molecule has 0 aliphatic heterocycles. The summed E-state index contributed by atoms with van der Waals surface area (Å²) in [7, 11) is 0. The minimum atomic E-state index is -0.616. The number of hydrogen-bond donors (Lipinski definition) is 2. The number of aromatic hydroxyl groups is 1. The van der Waals surface area contributed by atoms with E-state index in [2.05, 4.69) is 15.4 Å². The quantitative estimate of drug-likeness (QED) is 0.600. The third kappa shape index (κ3) is 2.59. The average molecular weight is 331 g/mol. The molecule has 0 saturated carbocycles. The molecule has 0 fully saturated rings. The summed E-state index contributed by atoms with van der Waals surface area (Å²) in [6.07, 6.45) is 1.47. The van der Waals surface area contributed by atoms with Crippen LogP contribution in [-0.2, 0) is 0 Å². The van der Waals surface area contributed by atoms with Crippen molar-refractivity contribution in [3.05, 3.63) is 77.3 Å². The number of aromatic nitrogens is 3. The minimum Gasteiger partial charge on any atom is -0.480 e. The van der Waals surface area contributed by atoms with Crippen LogP contribution in [0.2, 0.25) is 0 Å². The maximum Gasteiger partial charge on any atom is 0.347 e. The standard InChI is InChI=1S/C19H13N3O3/c23-18-16(13-9-5-2-6-10-13)15(12-7-3-1-4-8-12)17(19(24)25-18)14-11-20-22-21-14/h1-11,24H,(H,20,21,22). The molecular formula is C19H13N3O3.